The first-order valence-corrected chi connectivity index (χ1v) is 6.67. The molecule has 19 heavy (non-hydrogen) atoms. The Kier molecular flexibility index (Phi) is 4.99. The van der Waals surface area contributed by atoms with Crippen molar-refractivity contribution in [3.8, 4) is 11.5 Å². The summed E-state index contributed by atoms with van der Waals surface area (Å²) in [6, 6.07) is 4.10. The standard InChI is InChI=1S/C14H21FN2O2/c1-16-6-8-17(9-7-16)5-2-10-19-12-3-4-14(18)13(15)11-12/h3-4,11,18H,2,5-10H2,1H3. The molecule has 1 aliphatic rings. The van der Waals surface area contributed by atoms with Crippen LogP contribution in [-0.4, -0.2) is 61.3 Å². The summed E-state index contributed by atoms with van der Waals surface area (Å²) in [6.07, 6.45) is 0.923. The Hall–Kier alpha value is -1.33. The zero-order valence-corrected chi connectivity index (χ0v) is 11.3. The number of benzene rings is 1. The van der Waals surface area contributed by atoms with E-state index in [1.165, 1.54) is 12.1 Å². The molecule has 1 fully saturated rings. The van der Waals surface area contributed by atoms with Gasteiger partial charge in [0.1, 0.15) is 5.75 Å². The summed E-state index contributed by atoms with van der Waals surface area (Å²) in [5, 5.41) is 9.07. The van der Waals surface area contributed by atoms with Crippen molar-refractivity contribution < 1.29 is 14.2 Å². The molecule has 0 aromatic heterocycles. The first-order valence-electron chi connectivity index (χ1n) is 6.67. The molecule has 4 nitrogen and oxygen atoms in total. The van der Waals surface area contributed by atoms with Gasteiger partial charge >= 0.3 is 0 Å². The second kappa shape index (κ2) is 6.73. The summed E-state index contributed by atoms with van der Waals surface area (Å²) in [7, 11) is 2.14. The first-order chi connectivity index (χ1) is 9.15. The third-order valence-corrected chi connectivity index (χ3v) is 3.40. The van der Waals surface area contributed by atoms with E-state index in [9.17, 15) is 4.39 Å². The highest BCUT2D eigenvalue weighted by molar-refractivity contribution is 5.31. The van der Waals surface area contributed by atoms with Gasteiger partial charge in [-0.05, 0) is 25.6 Å². The number of likely N-dealkylation sites (N-methyl/N-ethyl adjacent to an activating group) is 1. The van der Waals surface area contributed by atoms with Gasteiger partial charge in [-0.25, -0.2) is 4.39 Å². The fourth-order valence-corrected chi connectivity index (χ4v) is 2.13. The van der Waals surface area contributed by atoms with Crippen molar-refractivity contribution in [2.24, 2.45) is 0 Å². The van der Waals surface area contributed by atoms with Crippen molar-refractivity contribution in [2.75, 3.05) is 46.4 Å². The van der Waals surface area contributed by atoms with E-state index in [-0.39, 0.29) is 5.75 Å². The van der Waals surface area contributed by atoms with Gasteiger partial charge in [0, 0.05) is 38.8 Å². The Morgan fingerprint density at radius 3 is 2.68 bits per heavy atom. The van der Waals surface area contributed by atoms with Crippen LogP contribution in [-0.2, 0) is 0 Å². The highest BCUT2D eigenvalue weighted by Gasteiger charge is 2.12. The number of phenolic OH excluding ortho intramolecular Hbond substituents is 1. The fourth-order valence-electron chi connectivity index (χ4n) is 2.13. The number of hydrogen-bond acceptors (Lipinski definition) is 4. The van der Waals surface area contributed by atoms with Gasteiger partial charge in [-0.2, -0.15) is 0 Å². The molecule has 1 heterocycles. The molecule has 1 N–H and O–H groups in total. The van der Waals surface area contributed by atoms with Crippen LogP contribution in [0.2, 0.25) is 0 Å². The molecule has 0 spiro atoms. The summed E-state index contributed by atoms with van der Waals surface area (Å²) < 4.78 is 18.5. The lowest BCUT2D eigenvalue weighted by atomic mass is 10.3. The van der Waals surface area contributed by atoms with E-state index < -0.39 is 5.82 Å². The van der Waals surface area contributed by atoms with Gasteiger partial charge in [-0.3, -0.25) is 0 Å². The maximum absolute atomic E-state index is 13.1. The molecular formula is C14H21FN2O2. The molecule has 2 rings (SSSR count). The van der Waals surface area contributed by atoms with Crippen LogP contribution in [0.25, 0.3) is 0 Å². The second-order valence-electron chi connectivity index (χ2n) is 4.96. The van der Waals surface area contributed by atoms with Crippen molar-refractivity contribution in [3.05, 3.63) is 24.0 Å². The van der Waals surface area contributed by atoms with Crippen LogP contribution in [0.4, 0.5) is 4.39 Å². The van der Waals surface area contributed by atoms with Crippen molar-refractivity contribution in [1.82, 2.24) is 9.80 Å². The molecule has 1 aromatic rings. The molecule has 5 heteroatoms. The third kappa shape index (κ3) is 4.36. The summed E-state index contributed by atoms with van der Waals surface area (Å²) in [4.78, 5) is 4.74. The monoisotopic (exact) mass is 268 g/mol. The molecule has 0 unspecified atom stereocenters. The van der Waals surface area contributed by atoms with E-state index in [1.807, 2.05) is 0 Å². The predicted octanol–water partition coefficient (Wildman–Crippen LogP) is 1.55. The average Bonchev–Trinajstić information content (AvgIpc) is 2.41. The Morgan fingerprint density at radius 1 is 1.26 bits per heavy atom. The van der Waals surface area contributed by atoms with Crippen LogP contribution in [0.1, 0.15) is 6.42 Å². The molecule has 0 saturated carbocycles. The molecule has 1 aromatic carbocycles. The number of nitrogens with zero attached hydrogens (tertiary/aromatic N) is 2. The maximum Gasteiger partial charge on any atom is 0.168 e. The predicted molar refractivity (Wildman–Crippen MR) is 72.1 cm³/mol. The molecule has 1 saturated heterocycles. The van der Waals surface area contributed by atoms with Crippen LogP contribution < -0.4 is 4.74 Å². The van der Waals surface area contributed by atoms with E-state index >= 15 is 0 Å². The van der Waals surface area contributed by atoms with Crippen LogP contribution in [0.5, 0.6) is 11.5 Å². The summed E-state index contributed by atoms with van der Waals surface area (Å²) in [5.74, 6) is -0.518. The lowest BCUT2D eigenvalue weighted by Crippen LogP contribution is -2.44. The molecule has 0 atom stereocenters. The molecule has 0 radical (unpaired) electrons. The largest absolute Gasteiger partial charge is 0.505 e. The lowest BCUT2D eigenvalue weighted by Gasteiger charge is -2.32. The zero-order valence-electron chi connectivity index (χ0n) is 11.3. The van der Waals surface area contributed by atoms with E-state index in [4.69, 9.17) is 9.84 Å². The highest BCUT2D eigenvalue weighted by atomic mass is 19.1. The fraction of sp³-hybridized carbons (Fsp3) is 0.571. The number of piperazine rings is 1. The van der Waals surface area contributed by atoms with Crippen molar-refractivity contribution >= 4 is 0 Å². The zero-order chi connectivity index (χ0) is 13.7. The van der Waals surface area contributed by atoms with Crippen molar-refractivity contribution in [2.45, 2.75) is 6.42 Å². The number of halogens is 1. The van der Waals surface area contributed by atoms with Gasteiger partial charge in [-0.1, -0.05) is 0 Å². The van der Waals surface area contributed by atoms with Gasteiger partial charge in [0.2, 0.25) is 0 Å². The van der Waals surface area contributed by atoms with Gasteiger partial charge in [0.25, 0.3) is 0 Å². The van der Waals surface area contributed by atoms with Gasteiger partial charge in [0.05, 0.1) is 6.61 Å². The number of ether oxygens (including phenoxy) is 1. The minimum absolute atomic E-state index is 0.343. The Morgan fingerprint density at radius 2 is 2.00 bits per heavy atom. The molecule has 0 bridgehead atoms. The van der Waals surface area contributed by atoms with E-state index in [0.29, 0.717) is 12.4 Å². The molecule has 106 valence electrons. The minimum atomic E-state index is -0.642. The normalized spacial score (nSPS) is 17.6. The van der Waals surface area contributed by atoms with Crippen molar-refractivity contribution in [3.63, 3.8) is 0 Å². The summed E-state index contributed by atoms with van der Waals surface area (Å²) in [6.45, 7) is 6.01. The second-order valence-corrected chi connectivity index (χ2v) is 4.96. The van der Waals surface area contributed by atoms with Gasteiger partial charge < -0.3 is 19.6 Å². The summed E-state index contributed by atoms with van der Waals surface area (Å²) in [5.41, 5.74) is 0. The third-order valence-electron chi connectivity index (χ3n) is 3.40. The van der Waals surface area contributed by atoms with Crippen LogP contribution in [0.15, 0.2) is 18.2 Å². The number of phenols is 1. The molecule has 0 aliphatic carbocycles. The number of aromatic hydroxyl groups is 1. The summed E-state index contributed by atoms with van der Waals surface area (Å²) >= 11 is 0. The first kappa shape index (κ1) is 14.1. The van der Waals surface area contributed by atoms with Crippen molar-refractivity contribution in [1.29, 1.82) is 0 Å². The topological polar surface area (TPSA) is 35.9 Å². The molecule has 1 aliphatic heterocycles. The van der Waals surface area contributed by atoms with Gasteiger partial charge in [0.15, 0.2) is 11.6 Å². The lowest BCUT2D eigenvalue weighted by molar-refractivity contribution is 0.145. The van der Waals surface area contributed by atoms with Gasteiger partial charge in [-0.15, -0.1) is 0 Å². The van der Waals surface area contributed by atoms with E-state index in [2.05, 4.69) is 16.8 Å². The number of hydrogen-bond donors (Lipinski definition) is 1. The smallest absolute Gasteiger partial charge is 0.168 e. The SMILES string of the molecule is CN1CCN(CCCOc2ccc(O)c(F)c2)CC1. The van der Waals surface area contributed by atoms with Crippen LogP contribution >= 0.6 is 0 Å². The maximum atomic E-state index is 13.1. The Bertz CT molecular complexity index is 406. The Balaban J connectivity index is 1.65. The molecule has 0 amide bonds. The van der Waals surface area contributed by atoms with Crippen LogP contribution in [0.3, 0.4) is 0 Å². The van der Waals surface area contributed by atoms with E-state index in [0.717, 1.165) is 39.1 Å². The van der Waals surface area contributed by atoms with Crippen LogP contribution in [0, 0.1) is 5.82 Å². The number of rotatable bonds is 5. The minimum Gasteiger partial charge on any atom is -0.505 e. The molecular weight excluding hydrogens is 247 g/mol. The average molecular weight is 268 g/mol. The highest BCUT2D eigenvalue weighted by Crippen LogP contribution is 2.21. The Labute approximate surface area is 113 Å². The quantitative estimate of drug-likeness (QED) is 0.822. The van der Waals surface area contributed by atoms with E-state index in [1.54, 1.807) is 6.07 Å².